The first-order valence-electron chi connectivity index (χ1n) is 6.01. The molecule has 1 fully saturated rings. The highest BCUT2D eigenvalue weighted by Crippen LogP contribution is 2.37. The van der Waals surface area contributed by atoms with Crippen LogP contribution in [0, 0.1) is 11.3 Å². The van der Waals surface area contributed by atoms with E-state index in [1.54, 1.807) is 25.1 Å². The van der Waals surface area contributed by atoms with Crippen LogP contribution in [-0.4, -0.2) is 18.0 Å². The number of ketones is 1. The van der Waals surface area contributed by atoms with Gasteiger partial charge in [-0.25, -0.2) is 0 Å². The molecule has 0 aliphatic carbocycles. The topological polar surface area (TPSA) is 50.1 Å². The Bertz CT molecular complexity index is 525. The maximum atomic E-state index is 12.5. The second kappa shape index (κ2) is 5.50. The predicted molar refractivity (Wildman–Crippen MR) is 73.4 cm³/mol. The summed E-state index contributed by atoms with van der Waals surface area (Å²) in [5.74, 6) is -1.27. The summed E-state index contributed by atoms with van der Waals surface area (Å²) in [4.78, 5) is 12.5. The van der Waals surface area contributed by atoms with Crippen LogP contribution in [0.15, 0.2) is 18.2 Å². The highest BCUT2D eigenvalue weighted by Gasteiger charge is 2.43. The zero-order valence-corrected chi connectivity index (χ0v) is 12.0. The maximum Gasteiger partial charge on any atom is 0.185 e. The van der Waals surface area contributed by atoms with Gasteiger partial charge in [-0.2, -0.15) is 5.26 Å². The van der Waals surface area contributed by atoms with E-state index in [9.17, 15) is 10.1 Å². The molecule has 0 spiro atoms. The fraction of sp³-hybridized carbons (Fsp3) is 0.429. The van der Waals surface area contributed by atoms with Gasteiger partial charge in [-0.1, -0.05) is 29.3 Å². The minimum absolute atomic E-state index is 0.275. The number of ether oxygens (including phenoxy) is 1. The summed E-state index contributed by atoms with van der Waals surface area (Å²) < 4.78 is 5.50. The first kappa shape index (κ1) is 14.3. The number of nitrogens with zero attached hydrogens (tertiary/aromatic N) is 1. The van der Waals surface area contributed by atoms with Crippen molar-refractivity contribution in [3.8, 4) is 6.07 Å². The molecule has 0 amide bonds. The summed E-state index contributed by atoms with van der Waals surface area (Å²) in [7, 11) is 0. The Kier molecular flexibility index (Phi) is 4.15. The van der Waals surface area contributed by atoms with Gasteiger partial charge in [0, 0.05) is 22.2 Å². The maximum absolute atomic E-state index is 12.5. The fourth-order valence-corrected chi connectivity index (χ4v) is 2.94. The van der Waals surface area contributed by atoms with E-state index in [1.165, 1.54) is 0 Å². The highest BCUT2D eigenvalue weighted by molar-refractivity contribution is 6.36. The van der Waals surface area contributed by atoms with E-state index in [0.29, 0.717) is 28.6 Å². The third-order valence-corrected chi connectivity index (χ3v) is 4.08. The summed E-state index contributed by atoms with van der Waals surface area (Å²) >= 11 is 12.1. The SMILES string of the molecule is CC1(C(=O)C(C#N)c2c(Cl)cccc2Cl)CCCO1. The Labute approximate surface area is 122 Å². The van der Waals surface area contributed by atoms with E-state index in [2.05, 4.69) is 0 Å². The quantitative estimate of drug-likeness (QED) is 0.854. The largest absolute Gasteiger partial charge is 0.367 e. The van der Waals surface area contributed by atoms with Gasteiger partial charge in [-0.05, 0) is 31.9 Å². The van der Waals surface area contributed by atoms with Crippen molar-refractivity contribution in [3.63, 3.8) is 0 Å². The van der Waals surface area contributed by atoms with Crippen LogP contribution < -0.4 is 0 Å². The Morgan fingerprint density at radius 1 is 1.47 bits per heavy atom. The van der Waals surface area contributed by atoms with Crippen molar-refractivity contribution in [2.24, 2.45) is 0 Å². The number of rotatable bonds is 3. The number of benzene rings is 1. The molecular weight excluding hydrogens is 285 g/mol. The molecule has 3 nitrogen and oxygen atoms in total. The Hall–Kier alpha value is -1.08. The van der Waals surface area contributed by atoms with E-state index in [1.807, 2.05) is 6.07 Å². The van der Waals surface area contributed by atoms with Crippen LogP contribution in [0.5, 0.6) is 0 Å². The van der Waals surface area contributed by atoms with Crippen LogP contribution >= 0.6 is 23.2 Å². The molecule has 1 aliphatic heterocycles. The van der Waals surface area contributed by atoms with Gasteiger partial charge in [0.25, 0.3) is 0 Å². The van der Waals surface area contributed by atoms with Gasteiger partial charge < -0.3 is 4.74 Å². The monoisotopic (exact) mass is 297 g/mol. The molecule has 1 aromatic carbocycles. The number of halogens is 2. The van der Waals surface area contributed by atoms with Gasteiger partial charge in [-0.15, -0.1) is 0 Å². The molecule has 0 N–H and O–H groups in total. The van der Waals surface area contributed by atoms with Crippen LogP contribution in [0.1, 0.15) is 31.2 Å². The second-order valence-electron chi connectivity index (χ2n) is 4.74. The number of carbonyl (C=O) groups is 1. The third kappa shape index (κ3) is 2.62. The van der Waals surface area contributed by atoms with E-state index in [4.69, 9.17) is 27.9 Å². The number of hydrogen-bond donors (Lipinski definition) is 0. The van der Waals surface area contributed by atoms with Crippen molar-refractivity contribution in [2.45, 2.75) is 31.3 Å². The van der Waals surface area contributed by atoms with Gasteiger partial charge in [0.1, 0.15) is 11.5 Å². The lowest BCUT2D eigenvalue weighted by molar-refractivity contribution is -0.137. The molecule has 0 bridgehead atoms. The normalized spacial score (nSPS) is 23.9. The molecule has 1 saturated heterocycles. The number of nitriles is 1. The van der Waals surface area contributed by atoms with E-state index >= 15 is 0 Å². The van der Waals surface area contributed by atoms with E-state index in [0.717, 1.165) is 6.42 Å². The molecule has 0 saturated carbocycles. The van der Waals surface area contributed by atoms with Gasteiger partial charge in [0.15, 0.2) is 5.78 Å². The summed E-state index contributed by atoms with van der Waals surface area (Å²) in [5.41, 5.74) is -0.543. The van der Waals surface area contributed by atoms with Crippen LogP contribution in [0.25, 0.3) is 0 Å². The molecule has 5 heteroatoms. The Morgan fingerprint density at radius 3 is 2.58 bits per heavy atom. The molecule has 2 rings (SSSR count). The molecule has 19 heavy (non-hydrogen) atoms. The summed E-state index contributed by atoms with van der Waals surface area (Å²) in [6.45, 7) is 2.26. The smallest absolute Gasteiger partial charge is 0.185 e. The third-order valence-electron chi connectivity index (χ3n) is 3.42. The van der Waals surface area contributed by atoms with E-state index in [-0.39, 0.29) is 5.78 Å². The molecule has 0 radical (unpaired) electrons. The zero-order valence-electron chi connectivity index (χ0n) is 10.5. The molecule has 2 unspecified atom stereocenters. The molecule has 1 aromatic rings. The van der Waals surface area contributed by atoms with Crippen LogP contribution in [-0.2, 0) is 9.53 Å². The first-order chi connectivity index (χ1) is 8.99. The van der Waals surface area contributed by atoms with Crippen LogP contribution in [0.2, 0.25) is 10.0 Å². The van der Waals surface area contributed by atoms with Crippen molar-refractivity contribution >= 4 is 29.0 Å². The minimum atomic E-state index is -0.996. The molecule has 0 aromatic heterocycles. The van der Waals surface area contributed by atoms with Crippen molar-refractivity contribution in [3.05, 3.63) is 33.8 Å². The lowest BCUT2D eigenvalue weighted by Crippen LogP contribution is -2.38. The Morgan fingerprint density at radius 2 is 2.11 bits per heavy atom. The number of carbonyl (C=O) groups excluding carboxylic acids is 1. The summed E-state index contributed by atoms with van der Waals surface area (Å²) in [6, 6.07) is 6.93. The van der Waals surface area contributed by atoms with Gasteiger partial charge in [0.2, 0.25) is 0 Å². The molecule has 100 valence electrons. The van der Waals surface area contributed by atoms with Crippen molar-refractivity contribution in [2.75, 3.05) is 6.61 Å². The first-order valence-corrected chi connectivity index (χ1v) is 6.77. The zero-order chi connectivity index (χ0) is 14.0. The molecule has 1 aliphatic rings. The van der Waals surface area contributed by atoms with E-state index < -0.39 is 11.5 Å². The molecule has 2 atom stereocenters. The van der Waals surface area contributed by atoms with Crippen molar-refractivity contribution in [1.82, 2.24) is 0 Å². The molecular formula is C14H13Cl2NO2. The van der Waals surface area contributed by atoms with Crippen molar-refractivity contribution in [1.29, 1.82) is 5.26 Å². The van der Waals surface area contributed by atoms with Gasteiger partial charge in [-0.3, -0.25) is 4.79 Å². The standard InChI is InChI=1S/C14H13Cl2NO2/c1-14(6-3-7-19-14)13(18)9(8-17)12-10(15)4-2-5-11(12)16/h2,4-5,9H,3,6-7H2,1H3. The second-order valence-corrected chi connectivity index (χ2v) is 5.56. The summed E-state index contributed by atoms with van der Waals surface area (Å²) in [5, 5.41) is 9.99. The van der Waals surface area contributed by atoms with Gasteiger partial charge in [0.05, 0.1) is 6.07 Å². The minimum Gasteiger partial charge on any atom is -0.367 e. The van der Waals surface area contributed by atoms with Crippen molar-refractivity contribution < 1.29 is 9.53 Å². The Balaban J connectivity index is 2.41. The average molecular weight is 298 g/mol. The lowest BCUT2D eigenvalue weighted by Gasteiger charge is -2.24. The predicted octanol–water partition coefficient (Wildman–Crippen LogP) is 3.74. The van der Waals surface area contributed by atoms with Crippen LogP contribution in [0.3, 0.4) is 0 Å². The molecule has 1 heterocycles. The average Bonchev–Trinajstić information content (AvgIpc) is 2.81. The fourth-order valence-electron chi connectivity index (χ4n) is 2.32. The highest BCUT2D eigenvalue weighted by atomic mass is 35.5. The number of hydrogen-bond acceptors (Lipinski definition) is 3. The van der Waals surface area contributed by atoms with Crippen LogP contribution in [0.4, 0.5) is 0 Å². The summed E-state index contributed by atoms with van der Waals surface area (Å²) in [6.07, 6.45) is 1.43. The lowest BCUT2D eigenvalue weighted by atomic mass is 9.84. The van der Waals surface area contributed by atoms with Gasteiger partial charge >= 0.3 is 0 Å². The number of Topliss-reactive ketones (excluding diaryl/α,β-unsaturated/α-hetero) is 1.